The summed E-state index contributed by atoms with van der Waals surface area (Å²) in [6, 6.07) is 6.80. The molecule has 0 amide bonds. The molecular weight excluding hydrogens is 411 g/mol. The SMILES string of the molecule is CNC(Cc1c(F)ccc(Br)c1F)c1cccc(Br)c1F. The van der Waals surface area contributed by atoms with Gasteiger partial charge in [0.25, 0.3) is 0 Å². The predicted molar refractivity (Wildman–Crippen MR) is 83.7 cm³/mol. The number of rotatable bonds is 4. The maximum Gasteiger partial charge on any atom is 0.143 e. The lowest BCUT2D eigenvalue weighted by Gasteiger charge is -2.19. The van der Waals surface area contributed by atoms with E-state index >= 15 is 0 Å². The average molecular weight is 423 g/mol. The zero-order valence-electron chi connectivity index (χ0n) is 11.1. The fourth-order valence-corrected chi connectivity index (χ4v) is 2.87. The molecule has 2 aromatic carbocycles. The number of benzene rings is 2. The molecule has 0 bridgehead atoms. The zero-order valence-corrected chi connectivity index (χ0v) is 14.2. The summed E-state index contributed by atoms with van der Waals surface area (Å²) in [5, 5.41) is 2.90. The molecule has 1 unspecified atom stereocenters. The van der Waals surface area contributed by atoms with E-state index in [2.05, 4.69) is 37.2 Å². The Kier molecular flexibility index (Phi) is 5.46. The molecule has 0 aliphatic heterocycles. The standard InChI is InChI=1S/C15H12Br2F3N/c1-21-13(8-3-2-4-10(16)14(8)19)7-9-12(18)6-5-11(17)15(9)20/h2-6,13,21H,7H2,1H3. The summed E-state index contributed by atoms with van der Waals surface area (Å²) in [7, 11) is 1.62. The summed E-state index contributed by atoms with van der Waals surface area (Å²) in [6.45, 7) is 0. The molecule has 2 rings (SSSR count). The van der Waals surface area contributed by atoms with Crippen molar-refractivity contribution in [1.82, 2.24) is 5.32 Å². The topological polar surface area (TPSA) is 12.0 Å². The molecule has 0 fully saturated rings. The van der Waals surface area contributed by atoms with E-state index < -0.39 is 23.5 Å². The Bertz CT molecular complexity index is 662. The fraction of sp³-hybridized carbons (Fsp3) is 0.200. The molecule has 1 N–H and O–H groups in total. The minimum absolute atomic E-state index is 0.000972. The molecule has 0 heterocycles. The predicted octanol–water partition coefficient (Wildman–Crippen LogP) is 5.13. The van der Waals surface area contributed by atoms with Gasteiger partial charge in [0.05, 0.1) is 8.95 Å². The number of halogens is 5. The van der Waals surface area contributed by atoms with Crippen LogP contribution in [0.15, 0.2) is 39.3 Å². The van der Waals surface area contributed by atoms with Crippen LogP contribution in [0.4, 0.5) is 13.2 Å². The Labute approximate surface area is 137 Å². The molecule has 1 nitrogen and oxygen atoms in total. The van der Waals surface area contributed by atoms with Gasteiger partial charge in [0.1, 0.15) is 17.5 Å². The molecule has 0 spiro atoms. The Balaban J connectivity index is 2.41. The highest BCUT2D eigenvalue weighted by molar-refractivity contribution is 9.10. The fourth-order valence-electron chi connectivity index (χ4n) is 2.12. The minimum Gasteiger partial charge on any atom is -0.313 e. The smallest absolute Gasteiger partial charge is 0.143 e. The third-order valence-corrected chi connectivity index (χ3v) is 4.48. The van der Waals surface area contributed by atoms with Crippen LogP contribution in [0, 0.1) is 17.5 Å². The van der Waals surface area contributed by atoms with Crippen LogP contribution in [-0.2, 0) is 6.42 Å². The number of hydrogen-bond acceptors (Lipinski definition) is 1. The van der Waals surface area contributed by atoms with Crippen molar-refractivity contribution in [2.24, 2.45) is 0 Å². The summed E-state index contributed by atoms with van der Waals surface area (Å²) in [4.78, 5) is 0. The number of likely N-dealkylation sites (N-methyl/N-ethyl adjacent to an activating group) is 1. The zero-order chi connectivity index (χ0) is 15.6. The summed E-state index contributed by atoms with van der Waals surface area (Å²) in [5.41, 5.74) is 0.272. The summed E-state index contributed by atoms with van der Waals surface area (Å²) >= 11 is 6.14. The lowest BCUT2D eigenvalue weighted by atomic mass is 9.98. The first-order chi connectivity index (χ1) is 9.95. The van der Waals surface area contributed by atoms with Crippen LogP contribution in [0.2, 0.25) is 0 Å². The number of nitrogens with one attached hydrogen (secondary N) is 1. The summed E-state index contributed by atoms with van der Waals surface area (Å²) < 4.78 is 42.5. The second-order valence-electron chi connectivity index (χ2n) is 4.51. The van der Waals surface area contributed by atoms with Crippen molar-refractivity contribution >= 4 is 31.9 Å². The van der Waals surface area contributed by atoms with E-state index in [9.17, 15) is 13.2 Å². The van der Waals surface area contributed by atoms with Gasteiger partial charge in [-0.2, -0.15) is 0 Å². The van der Waals surface area contributed by atoms with Gasteiger partial charge in [-0.15, -0.1) is 0 Å². The third-order valence-electron chi connectivity index (χ3n) is 3.25. The maximum atomic E-state index is 14.1. The van der Waals surface area contributed by atoms with E-state index in [1.54, 1.807) is 25.2 Å². The monoisotopic (exact) mass is 421 g/mol. The van der Waals surface area contributed by atoms with E-state index in [-0.39, 0.29) is 16.5 Å². The van der Waals surface area contributed by atoms with Gasteiger partial charge in [-0.05, 0) is 63.5 Å². The Morgan fingerprint density at radius 2 is 1.67 bits per heavy atom. The van der Waals surface area contributed by atoms with Gasteiger partial charge in [0, 0.05) is 17.2 Å². The lowest BCUT2D eigenvalue weighted by Crippen LogP contribution is -2.21. The minimum atomic E-state index is -0.661. The molecule has 0 saturated heterocycles. The Morgan fingerprint density at radius 3 is 2.33 bits per heavy atom. The first kappa shape index (κ1) is 16.5. The van der Waals surface area contributed by atoms with Gasteiger partial charge >= 0.3 is 0 Å². The van der Waals surface area contributed by atoms with Crippen LogP contribution in [0.3, 0.4) is 0 Å². The van der Waals surface area contributed by atoms with Gasteiger partial charge < -0.3 is 5.32 Å². The summed E-state index contributed by atoms with van der Waals surface area (Å²) in [5.74, 6) is -1.75. The van der Waals surface area contributed by atoms with Gasteiger partial charge in [0.2, 0.25) is 0 Å². The first-order valence-electron chi connectivity index (χ1n) is 6.19. The van der Waals surface area contributed by atoms with Gasteiger partial charge in [0.15, 0.2) is 0 Å². The van der Waals surface area contributed by atoms with Crippen molar-refractivity contribution in [3.63, 3.8) is 0 Å². The van der Waals surface area contributed by atoms with Crippen LogP contribution in [0.25, 0.3) is 0 Å². The van der Waals surface area contributed by atoms with Crippen LogP contribution >= 0.6 is 31.9 Å². The molecule has 1 atom stereocenters. The largest absolute Gasteiger partial charge is 0.313 e. The van der Waals surface area contributed by atoms with Crippen LogP contribution in [0.1, 0.15) is 17.2 Å². The highest BCUT2D eigenvalue weighted by Gasteiger charge is 2.21. The Morgan fingerprint density at radius 1 is 1.00 bits per heavy atom. The Hall–Kier alpha value is -0.850. The van der Waals surface area contributed by atoms with Gasteiger partial charge in [-0.3, -0.25) is 0 Å². The van der Waals surface area contributed by atoms with Crippen LogP contribution < -0.4 is 5.32 Å². The van der Waals surface area contributed by atoms with Crippen LogP contribution in [-0.4, -0.2) is 7.05 Å². The van der Waals surface area contributed by atoms with Gasteiger partial charge in [-0.25, -0.2) is 13.2 Å². The van der Waals surface area contributed by atoms with E-state index in [0.717, 1.165) is 0 Å². The normalized spacial score (nSPS) is 12.5. The highest BCUT2D eigenvalue weighted by atomic mass is 79.9. The van der Waals surface area contributed by atoms with E-state index in [1.165, 1.54) is 12.1 Å². The highest BCUT2D eigenvalue weighted by Crippen LogP contribution is 2.29. The maximum absolute atomic E-state index is 14.1. The molecule has 2 aromatic rings. The van der Waals surface area contributed by atoms with Crippen molar-refractivity contribution in [2.45, 2.75) is 12.5 Å². The third kappa shape index (κ3) is 3.49. The van der Waals surface area contributed by atoms with Crippen molar-refractivity contribution in [3.05, 3.63) is 67.9 Å². The molecule has 0 aromatic heterocycles. The molecule has 21 heavy (non-hydrogen) atoms. The second-order valence-corrected chi connectivity index (χ2v) is 6.22. The molecule has 0 radical (unpaired) electrons. The molecule has 112 valence electrons. The molecule has 0 aliphatic rings. The van der Waals surface area contributed by atoms with Gasteiger partial charge in [-0.1, -0.05) is 12.1 Å². The van der Waals surface area contributed by atoms with Crippen molar-refractivity contribution in [3.8, 4) is 0 Å². The molecule has 6 heteroatoms. The molecular formula is C15H12Br2F3N. The summed E-state index contributed by atoms with van der Waals surface area (Å²) in [6.07, 6.45) is 0.000972. The number of hydrogen-bond donors (Lipinski definition) is 1. The van der Waals surface area contributed by atoms with Crippen LogP contribution in [0.5, 0.6) is 0 Å². The van der Waals surface area contributed by atoms with E-state index in [1.807, 2.05) is 0 Å². The van der Waals surface area contributed by atoms with Crippen molar-refractivity contribution in [2.75, 3.05) is 7.05 Å². The first-order valence-corrected chi connectivity index (χ1v) is 7.77. The molecule has 0 saturated carbocycles. The van der Waals surface area contributed by atoms with E-state index in [4.69, 9.17) is 0 Å². The van der Waals surface area contributed by atoms with Crippen molar-refractivity contribution in [1.29, 1.82) is 0 Å². The quantitative estimate of drug-likeness (QED) is 0.673. The lowest BCUT2D eigenvalue weighted by molar-refractivity contribution is 0.494. The molecule has 0 aliphatic carbocycles. The van der Waals surface area contributed by atoms with Crippen molar-refractivity contribution < 1.29 is 13.2 Å². The second kappa shape index (κ2) is 6.94. The van der Waals surface area contributed by atoms with E-state index in [0.29, 0.717) is 10.0 Å². The average Bonchev–Trinajstić information content (AvgIpc) is 2.47.